The zero-order valence-electron chi connectivity index (χ0n) is 29.0. The number of nitrogens with one attached hydrogen (secondary N) is 2. The van der Waals surface area contributed by atoms with Gasteiger partial charge in [0, 0.05) is 35.3 Å². The molecule has 0 bridgehead atoms. The van der Waals surface area contributed by atoms with Crippen molar-refractivity contribution in [3.05, 3.63) is 35.9 Å². The predicted octanol–water partition coefficient (Wildman–Crippen LogP) is 4.33. The number of hydrogen-bond acceptors (Lipinski definition) is 9. The summed E-state index contributed by atoms with van der Waals surface area (Å²) in [5.74, 6) is -0.477. The smallest absolute Gasteiger partial charge is 0.259 e. The van der Waals surface area contributed by atoms with Crippen LogP contribution in [0.3, 0.4) is 0 Å². The summed E-state index contributed by atoms with van der Waals surface area (Å²) in [4.78, 5) is 48.1. The Hall–Kier alpha value is -3.87. The minimum atomic E-state index is -3.83. The number of benzene rings is 1. The minimum Gasteiger partial charge on any atom is -0.496 e. The van der Waals surface area contributed by atoms with Gasteiger partial charge in [0.15, 0.2) is 0 Å². The molecular weight excluding hydrogens is 648 g/mol. The lowest BCUT2D eigenvalue weighted by Crippen LogP contribution is -2.57. The summed E-state index contributed by atoms with van der Waals surface area (Å²) in [5, 5.41) is 3.09. The van der Waals surface area contributed by atoms with Crippen molar-refractivity contribution in [3.8, 4) is 17.4 Å². The van der Waals surface area contributed by atoms with Gasteiger partial charge in [-0.25, -0.2) is 13.4 Å². The van der Waals surface area contributed by atoms with E-state index in [9.17, 15) is 22.8 Å². The largest absolute Gasteiger partial charge is 0.496 e. The highest BCUT2D eigenvalue weighted by molar-refractivity contribution is 7.91. The molecule has 1 aromatic heterocycles. The van der Waals surface area contributed by atoms with Crippen LogP contribution in [0.15, 0.2) is 30.4 Å². The number of rotatable bonds is 8. The predicted molar refractivity (Wildman–Crippen MR) is 184 cm³/mol. The second-order valence-electron chi connectivity index (χ2n) is 14.3. The van der Waals surface area contributed by atoms with Crippen LogP contribution in [-0.4, -0.2) is 78.7 Å². The summed E-state index contributed by atoms with van der Waals surface area (Å²) in [7, 11) is -2.23. The van der Waals surface area contributed by atoms with Crippen molar-refractivity contribution in [2.75, 3.05) is 13.7 Å². The monoisotopic (exact) mass is 696 g/mol. The number of amides is 3. The van der Waals surface area contributed by atoms with Crippen molar-refractivity contribution in [1.29, 1.82) is 0 Å². The molecule has 2 N–H and O–H groups in total. The molecule has 3 heterocycles. The second kappa shape index (κ2) is 13.8. The number of aryl methyl sites for hydroxylation is 1. The summed E-state index contributed by atoms with van der Waals surface area (Å²) < 4.78 is 45.9. The maximum atomic E-state index is 14.2. The van der Waals surface area contributed by atoms with Gasteiger partial charge in [0.2, 0.25) is 27.7 Å². The van der Waals surface area contributed by atoms with E-state index >= 15 is 0 Å². The van der Waals surface area contributed by atoms with E-state index in [0.29, 0.717) is 42.2 Å². The molecule has 1 saturated heterocycles. The molecule has 5 atom stereocenters. The number of methoxy groups -OCH3 is 1. The zero-order chi connectivity index (χ0) is 35.1. The second-order valence-corrected chi connectivity index (χ2v) is 16.3. The van der Waals surface area contributed by atoms with E-state index in [-0.39, 0.29) is 43.2 Å². The lowest BCUT2D eigenvalue weighted by atomic mass is 10.0. The molecule has 2 saturated carbocycles. The van der Waals surface area contributed by atoms with Crippen LogP contribution in [-0.2, 0) is 24.4 Å². The number of nitrogens with zero attached hydrogens (tertiary/aromatic N) is 2. The molecule has 12 nitrogen and oxygen atoms in total. The molecule has 0 spiro atoms. The van der Waals surface area contributed by atoms with Crippen molar-refractivity contribution in [1.82, 2.24) is 19.9 Å². The Labute approximate surface area is 288 Å². The van der Waals surface area contributed by atoms with Crippen molar-refractivity contribution in [3.63, 3.8) is 0 Å². The lowest BCUT2D eigenvalue weighted by Gasteiger charge is -2.28. The number of hydrogen-bond donors (Lipinski definition) is 2. The van der Waals surface area contributed by atoms with Gasteiger partial charge < -0.3 is 24.4 Å². The van der Waals surface area contributed by atoms with Gasteiger partial charge in [0.25, 0.3) is 5.91 Å². The van der Waals surface area contributed by atoms with Crippen molar-refractivity contribution < 1.29 is 37.0 Å². The molecule has 3 fully saturated rings. The number of carbonyl (C=O) groups excluding carboxylic acids is 3. The minimum absolute atomic E-state index is 0.136. The summed E-state index contributed by atoms with van der Waals surface area (Å²) in [6.07, 6.45) is 8.97. The van der Waals surface area contributed by atoms with E-state index < -0.39 is 44.8 Å². The van der Waals surface area contributed by atoms with Gasteiger partial charge in [0.05, 0.1) is 30.5 Å². The first-order valence-electron chi connectivity index (χ1n) is 17.5. The van der Waals surface area contributed by atoms with E-state index in [1.54, 1.807) is 18.1 Å². The van der Waals surface area contributed by atoms with Crippen molar-refractivity contribution in [2.24, 2.45) is 11.8 Å². The Morgan fingerprint density at radius 2 is 1.90 bits per heavy atom. The molecule has 4 aliphatic rings. The highest BCUT2D eigenvalue weighted by Crippen LogP contribution is 2.46. The molecule has 49 heavy (non-hydrogen) atoms. The van der Waals surface area contributed by atoms with Gasteiger partial charge in [-0.2, -0.15) is 0 Å². The fourth-order valence-electron chi connectivity index (χ4n) is 7.06. The quantitative estimate of drug-likeness (QED) is 0.384. The third kappa shape index (κ3) is 7.36. The fraction of sp³-hybridized carbons (Fsp3) is 0.611. The molecular formula is C36H48N4O8S. The molecule has 266 valence electrons. The standard InChI is InChI=1S/C36H48N4O8S/c1-21(2)47-31-18-30(27-15-16-29(46-5)23(4)32(27)37-31)48-25-17-28-33(41)38-36(35(43)39-49(44,45)26-13-14-26)19-24(36)12-10-8-6-7-9-11-22(3)34(42)40(28)20-25/h10,12,15-16,18,21-22,24-26,28H,6-9,11,13-14,17,19-20H2,1-5H3,(H,38,41)(H,39,43)/b12-10-/t22-,24+,25+,28-,36+/m0/s1. The van der Waals surface area contributed by atoms with E-state index in [1.165, 1.54) is 0 Å². The summed E-state index contributed by atoms with van der Waals surface area (Å²) in [5.41, 5.74) is 0.0715. The molecule has 0 unspecified atom stereocenters. The Balaban J connectivity index is 1.31. The number of ether oxygens (including phenoxy) is 3. The van der Waals surface area contributed by atoms with Crippen molar-refractivity contribution in [2.45, 2.75) is 115 Å². The number of aromatic nitrogens is 1. The van der Waals surface area contributed by atoms with Gasteiger partial charge in [-0.15, -0.1) is 0 Å². The Kier molecular flexibility index (Phi) is 9.85. The SMILES string of the molecule is COc1ccc2c(O[C@@H]3C[C@H]4C(=O)N[C@]5(C(=O)NS(=O)(=O)C6CC6)C[C@H]5/C=C\CCCCC[C@H](C)C(=O)N4C3)cc(OC(C)C)nc2c1C. The third-order valence-electron chi connectivity index (χ3n) is 10.1. The first-order valence-corrected chi connectivity index (χ1v) is 19.0. The van der Waals surface area contributed by atoms with Crippen LogP contribution in [0.5, 0.6) is 17.4 Å². The van der Waals surface area contributed by atoms with Crippen LogP contribution in [0, 0.1) is 18.8 Å². The Bertz CT molecular complexity index is 1760. The normalized spacial score (nSPS) is 28.5. The van der Waals surface area contributed by atoms with Gasteiger partial charge in [-0.1, -0.05) is 31.9 Å². The van der Waals surface area contributed by atoms with Gasteiger partial charge in [0.1, 0.15) is 29.2 Å². The van der Waals surface area contributed by atoms with Crippen LogP contribution in [0.25, 0.3) is 10.9 Å². The molecule has 0 radical (unpaired) electrons. The summed E-state index contributed by atoms with van der Waals surface area (Å²) >= 11 is 0. The van der Waals surface area contributed by atoms with Crippen LogP contribution in [0.4, 0.5) is 0 Å². The summed E-state index contributed by atoms with van der Waals surface area (Å²) in [6, 6.07) is 4.54. The maximum Gasteiger partial charge on any atom is 0.259 e. The molecule has 2 aliphatic carbocycles. The fourth-order valence-corrected chi connectivity index (χ4v) is 8.42. The lowest BCUT2D eigenvalue weighted by molar-refractivity contribution is -0.142. The maximum absolute atomic E-state index is 14.2. The van der Waals surface area contributed by atoms with Gasteiger partial charge in [-0.3, -0.25) is 19.1 Å². The van der Waals surface area contributed by atoms with Crippen molar-refractivity contribution >= 4 is 38.6 Å². The van der Waals surface area contributed by atoms with E-state index in [4.69, 9.17) is 19.2 Å². The number of carbonyl (C=O) groups is 3. The molecule has 3 amide bonds. The Morgan fingerprint density at radius 1 is 1.12 bits per heavy atom. The molecule has 2 aromatic rings. The average molecular weight is 697 g/mol. The van der Waals surface area contributed by atoms with E-state index in [2.05, 4.69) is 10.0 Å². The Morgan fingerprint density at radius 3 is 2.61 bits per heavy atom. The third-order valence-corrected chi connectivity index (χ3v) is 11.9. The van der Waals surface area contributed by atoms with Gasteiger partial charge >= 0.3 is 0 Å². The summed E-state index contributed by atoms with van der Waals surface area (Å²) in [6.45, 7) is 7.79. The molecule has 1 aromatic carbocycles. The zero-order valence-corrected chi connectivity index (χ0v) is 29.8. The van der Waals surface area contributed by atoms with Crippen LogP contribution < -0.4 is 24.2 Å². The topological polar surface area (TPSA) is 153 Å². The molecule has 6 rings (SSSR count). The van der Waals surface area contributed by atoms with Crippen LogP contribution in [0.1, 0.15) is 84.1 Å². The first-order chi connectivity index (χ1) is 23.3. The number of pyridine rings is 1. The van der Waals surface area contributed by atoms with E-state index in [1.807, 2.05) is 52.0 Å². The molecule has 13 heteroatoms. The highest BCUT2D eigenvalue weighted by Gasteiger charge is 2.62. The number of sulfonamides is 1. The van der Waals surface area contributed by atoms with E-state index in [0.717, 1.165) is 36.6 Å². The number of fused-ring (bicyclic) bond motifs is 3. The number of allylic oxidation sites excluding steroid dienone is 1. The van der Waals surface area contributed by atoms with Crippen LogP contribution >= 0.6 is 0 Å². The first kappa shape index (κ1) is 35.0. The molecule has 2 aliphatic heterocycles. The average Bonchev–Trinajstić information content (AvgIpc) is 3.97. The van der Waals surface area contributed by atoms with Gasteiger partial charge in [-0.05, 0) is 71.4 Å². The van der Waals surface area contributed by atoms with Crippen LogP contribution in [0.2, 0.25) is 0 Å². The highest BCUT2D eigenvalue weighted by atomic mass is 32.2.